The van der Waals surface area contributed by atoms with E-state index < -0.39 is 32.2 Å². The maximum Gasteiger partial charge on any atom is 0.261 e. The zero-order valence-electron chi connectivity index (χ0n) is 17.7. The van der Waals surface area contributed by atoms with E-state index in [1.54, 1.807) is 29.7 Å². The van der Waals surface area contributed by atoms with Crippen molar-refractivity contribution in [2.24, 2.45) is 0 Å². The Hall–Kier alpha value is -2.86. The predicted molar refractivity (Wildman–Crippen MR) is 117 cm³/mol. The smallest absolute Gasteiger partial charge is 0.261 e. The van der Waals surface area contributed by atoms with Gasteiger partial charge in [-0.25, -0.2) is 17.8 Å². The van der Waals surface area contributed by atoms with Crippen LogP contribution in [0.5, 0.6) is 5.75 Å². The van der Waals surface area contributed by atoms with Crippen molar-refractivity contribution in [1.29, 1.82) is 0 Å². The molecule has 0 aliphatic heterocycles. The lowest BCUT2D eigenvalue weighted by Gasteiger charge is -2.31. The highest BCUT2D eigenvalue weighted by Gasteiger charge is 2.42. The molecular weight excluding hydrogens is 441 g/mol. The molecule has 0 aliphatic rings. The zero-order chi connectivity index (χ0) is 23.7. The van der Waals surface area contributed by atoms with Gasteiger partial charge in [0.2, 0.25) is 0 Å². The molecule has 0 fully saturated rings. The molecule has 0 spiro atoms. The number of methoxy groups -OCH3 is 1. The molecule has 0 aliphatic carbocycles. The Kier molecular flexibility index (Phi) is 6.65. The van der Waals surface area contributed by atoms with E-state index in [1.807, 2.05) is 0 Å². The minimum Gasteiger partial charge on any atom is -0.497 e. The number of nitrogens with zero attached hydrogens (tertiary/aromatic N) is 2. The van der Waals surface area contributed by atoms with Crippen LogP contribution in [0.1, 0.15) is 13.3 Å². The molecule has 2 unspecified atom stereocenters. The number of aryl methyl sites for hydroxylation is 1. The molecule has 0 saturated carbocycles. The van der Waals surface area contributed by atoms with Gasteiger partial charge < -0.3 is 15.1 Å². The van der Waals surface area contributed by atoms with Crippen LogP contribution in [0.25, 0.3) is 22.0 Å². The van der Waals surface area contributed by atoms with Crippen LogP contribution in [0.15, 0.2) is 47.5 Å². The van der Waals surface area contributed by atoms with Crippen molar-refractivity contribution < 1.29 is 27.9 Å². The molecule has 0 bridgehead atoms. The molecule has 2 atom stereocenters. The summed E-state index contributed by atoms with van der Waals surface area (Å²) in [6.45, 7) is 1.11. The summed E-state index contributed by atoms with van der Waals surface area (Å²) in [7, 11) is -2.30. The molecule has 3 rings (SSSR count). The summed E-state index contributed by atoms with van der Waals surface area (Å²) in [6.07, 6.45) is 0.0732. The number of hydroxylamine groups is 1. The van der Waals surface area contributed by atoms with Gasteiger partial charge in [0.25, 0.3) is 5.56 Å². The molecule has 0 amide bonds. The normalized spacial score (nSPS) is 14.8. The fourth-order valence-electron chi connectivity index (χ4n) is 3.35. The first-order chi connectivity index (χ1) is 15.0. The molecule has 3 aromatic rings. The predicted octanol–water partition coefficient (Wildman–Crippen LogP) is 1.70. The van der Waals surface area contributed by atoms with Gasteiger partial charge in [-0.2, -0.15) is 5.48 Å². The van der Waals surface area contributed by atoms with Crippen molar-refractivity contribution in [1.82, 2.24) is 15.0 Å². The minimum atomic E-state index is -3.83. The third kappa shape index (κ3) is 4.24. The number of aliphatic hydroxyl groups excluding tert-OH is 1. The minimum absolute atomic E-state index is 0.0316. The summed E-state index contributed by atoms with van der Waals surface area (Å²) < 4.78 is 43.9. The van der Waals surface area contributed by atoms with E-state index in [-0.39, 0.29) is 29.4 Å². The lowest BCUT2D eigenvalue weighted by atomic mass is 10.0. The van der Waals surface area contributed by atoms with Gasteiger partial charge in [0.1, 0.15) is 22.2 Å². The number of halogens is 1. The Labute approximate surface area is 184 Å². The van der Waals surface area contributed by atoms with Crippen molar-refractivity contribution in [3.05, 3.63) is 58.9 Å². The van der Waals surface area contributed by atoms with Gasteiger partial charge in [0.05, 0.1) is 18.8 Å². The number of benzene rings is 2. The first-order valence-corrected chi connectivity index (χ1v) is 11.5. The Morgan fingerprint density at radius 2 is 1.91 bits per heavy atom. The fraction of sp³-hybridized carbons (Fsp3) is 0.333. The summed E-state index contributed by atoms with van der Waals surface area (Å²) in [5.41, 5.74) is 1.74. The number of fused-ring (bicyclic) bond motifs is 1. The summed E-state index contributed by atoms with van der Waals surface area (Å²) in [5.74, 6) is -0.0311. The number of ether oxygens (including phenoxy) is 1. The molecule has 11 heteroatoms. The van der Waals surface area contributed by atoms with E-state index in [0.29, 0.717) is 11.3 Å². The summed E-state index contributed by atoms with van der Waals surface area (Å²) in [6, 6.07) is 9.71. The van der Waals surface area contributed by atoms with Crippen molar-refractivity contribution in [2.75, 3.05) is 13.4 Å². The maximum atomic E-state index is 15.1. The highest BCUT2D eigenvalue weighted by Crippen LogP contribution is 2.29. The fourth-order valence-corrected chi connectivity index (χ4v) is 4.27. The monoisotopic (exact) mass is 465 g/mol. The first kappa shape index (κ1) is 23.8. The van der Waals surface area contributed by atoms with Crippen LogP contribution in [-0.2, 0) is 16.4 Å². The van der Waals surface area contributed by atoms with Gasteiger partial charge in [0.15, 0.2) is 15.7 Å². The van der Waals surface area contributed by atoms with Crippen LogP contribution in [0.4, 0.5) is 4.39 Å². The number of rotatable bonds is 8. The molecule has 1 heterocycles. The maximum absolute atomic E-state index is 15.1. The van der Waals surface area contributed by atoms with E-state index in [0.717, 1.165) is 17.2 Å². The number of sulfone groups is 1. The highest BCUT2D eigenvalue weighted by atomic mass is 32.2. The number of aliphatic hydroxyl groups is 1. The summed E-state index contributed by atoms with van der Waals surface area (Å²) in [4.78, 5) is 17.0. The third-order valence-electron chi connectivity index (χ3n) is 5.73. The van der Waals surface area contributed by atoms with Crippen LogP contribution in [-0.4, -0.2) is 52.6 Å². The van der Waals surface area contributed by atoms with Gasteiger partial charge in [-0.15, -0.1) is 0 Å². The van der Waals surface area contributed by atoms with E-state index in [9.17, 15) is 18.3 Å². The third-order valence-corrected chi connectivity index (χ3v) is 7.85. The highest BCUT2D eigenvalue weighted by molar-refractivity contribution is 7.92. The molecule has 32 heavy (non-hydrogen) atoms. The number of hydrogen-bond donors (Lipinski definition) is 3. The Bertz CT molecular complexity index is 1290. The van der Waals surface area contributed by atoms with Crippen molar-refractivity contribution in [2.45, 2.75) is 30.9 Å². The van der Waals surface area contributed by atoms with E-state index in [4.69, 9.17) is 9.94 Å². The molecule has 3 N–H and O–H groups in total. The Morgan fingerprint density at radius 1 is 1.25 bits per heavy atom. The summed E-state index contributed by atoms with van der Waals surface area (Å²) in [5, 5.41) is 19.0. The summed E-state index contributed by atoms with van der Waals surface area (Å²) >= 11 is 0. The molecule has 0 saturated heterocycles. The lowest BCUT2D eigenvalue weighted by molar-refractivity contribution is -0.0232. The van der Waals surface area contributed by atoms with Gasteiger partial charge in [-0.1, -0.05) is 18.2 Å². The van der Waals surface area contributed by atoms with Crippen molar-refractivity contribution >= 4 is 20.7 Å². The van der Waals surface area contributed by atoms with E-state index in [1.165, 1.54) is 26.2 Å². The zero-order valence-corrected chi connectivity index (χ0v) is 18.6. The van der Waals surface area contributed by atoms with Crippen LogP contribution in [0, 0.1) is 5.82 Å². The largest absolute Gasteiger partial charge is 0.497 e. The lowest BCUT2D eigenvalue weighted by Crippen LogP contribution is -2.53. The Balaban J connectivity index is 1.98. The standard InChI is InChI=1S/C21H24FN3O6S/c1-21(20(27)24-28,32(3,29)30)10-11-25-12-23-18-16(19(25)26)9-8-15(17(18)22)13-4-6-14(31-2)7-5-13/h4-9,12,20,24,27-28H,10-11H2,1-3H3. The molecular formula is C21H24FN3O6S. The van der Waals surface area contributed by atoms with Crippen molar-refractivity contribution in [3.8, 4) is 16.9 Å². The number of aromatic nitrogens is 2. The molecule has 2 aromatic carbocycles. The average Bonchev–Trinajstić information content (AvgIpc) is 2.77. The van der Waals surface area contributed by atoms with Gasteiger partial charge >= 0.3 is 0 Å². The van der Waals surface area contributed by atoms with Gasteiger partial charge in [-0.05, 0) is 37.1 Å². The Morgan fingerprint density at radius 3 is 2.47 bits per heavy atom. The first-order valence-electron chi connectivity index (χ1n) is 9.63. The van der Waals surface area contributed by atoms with Crippen LogP contribution in [0.3, 0.4) is 0 Å². The second-order valence-corrected chi connectivity index (χ2v) is 10.1. The van der Waals surface area contributed by atoms with Crippen molar-refractivity contribution in [3.63, 3.8) is 0 Å². The van der Waals surface area contributed by atoms with Crippen LogP contribution in [0.2, 0.25) is 0 Å². The quantitative estimate of drug-likeness (QED) is 0.339. The SMILES string of the molecule is COc1ccc(-c2ccc3c(=O)n(CCC(C)(C(O)NO)S(C)(=O)=O)cnc3c2F)cc1. The van der Waals surface area contributed by atoms with E-state index in [2.05, 4.69) is 4.98 Å². The number of hydrogen-bond acceptors (Lipinski definition) is 8. The topological polar surface area (TPSA) is 131 Å². The van der Waals surface area contributed by atoms with Gasteiger partial charge in [0, 0.05) is 18.4 Å². The molecule has 172 valence electrons. The second-order valence-electron chi connectivity index (χ2n) is 7.66. The van der Waals surface area contributed by atoms with E-state index >= 15 is 4.39 Å². The molecule has 1 aromatic heterocycles. The molecule has 0 radical (unpaired) electrons. The number of nitrogens with one attached hydrogen (secondary N) is 1. The average molecular weight is 466 g/mol. The van der Waals surface area contributed by atoms with Gasteiger partial charge in [-0.3, -0.25) is 9.36 Å². The van der Waals surface area contributed by atoms with Crippen LogP contribution < -0.4 is 15.8 Å². The second kappa shape index (κ2) is 8.94. The van der Waals surface area contributed by atoms with Crippen LogP contribution >= 0.6 is 0 Å². The molecule has 9 nitrogen and oxygen atoms in total.